The van der Waals surface area contributed by atoms with E-state index in [0.717, 1.165) is 12.1 Å². The fraction of sp³-hybridized carbons (Fsp3) is 0.111. The Hall–Kier alpha value is -3.22. The molecule has 0 bridgehead atoms. The van der Waals surface area contributed by atoms with Crippen LogP contribution in [-0.2, 0) is 4.79 Å². The Bertz CT molecular complexity index is 1000. The van der Waals surface area contributed by atoms with Crippen LogP contribution in [0.4, 0.5) is 14.5 Å². The molecule has 0 unspecified atom stereocenters. The van der Waals surface area contributed by atoms with Gasteiger partial charge in [-0.25, -0.2) is 13.6 Å². The van der Waals surface area contributed by atoms with E-state index in [9.17, 15) is 18.4 Å². The van der Waals surface area contributed by atoms with Crippen molar-refractivity contribution in [3.63, 3.8) is 0 Å². The summed E-state index contributed by atoms with van der Waals surface area (Å²) in [5, 5.41) is 3.15. The van der Waals surface area contributed by atoms with Crippen molar-refractivity contribution >= 4 is 22.6 Å². The number of hydrogen-bond donors (Lipinski definition) is 1. The van der Waals surface area contributed by atoms with E-state index in [1.807, 2.05) is 0 Å². The lowest BCUT2D eigenvalue weighted by Gasteiger charge is -2.15. The molecule has 1 N–H and O–H groups in total. The van der Waals surface area contributed by atoms with Gasteiger partial charge in [0.05, 0.1) is 0 Å². The van der Waals surface area contributed by atoms with Gasteiger partial charge in [0.1, 0.15) is 11.3 Å². The van der Waals surface area contributed by atoms with Gasteiger partial charge in [-0.1, -0.05) is 0 Å². The van der Waals surface area contributed by atoms with E-state index in [1.54, 1.807) is 18.2 Å². The van der Waals surface area contributed by atoms with Gasteiger partial charge in [0.15, 0.2) is 17.7 Å². The molecule has 2 aromatic carbocycles. The second-order valence-corrected chi connectivity index (χ2v) is 5.33. The van der Waals surface area contributed by atoms with E-state index in [-0.39, 0.29) is 5.69 Å². The average molecular weight is 345 g/mol. The lowest BCUT2D eigenvalue weighted by atomic mass is 10.2. The maximum absolute atomic E-state index is 13.2. The van der Waals surface area contributed by atoms with E-state index in [4.69, 9.17) is 9.15 Å². The molecule has 1 heterocycles. The summed E-state index contributed by atoms with van der Waals surface area (Å²) < 4.78 is 36.6. The molecule has 3 rings (SSSR count). The summed E-state index contributed by atoms with van der Waals surface area (Å²) >= 11 is 0. The smallest absolute Gasteiger partial charge is 0.336 e. The van der Waals surface area contributed by atoms with Crippen molar-refractivity contribution in [3.05, 3.63) is 70.6 Å². The number of ether oxygens (including phenoxy) is 1. The molecule has 0 radical (unpaired) electrons. The number of benzene rings is 2. The zero-order valence-corrected chi connectivity index (χ0v) is 13.1. The van der Waals surface area contributed by atoms with E-state index in [0.29, 0.717) is 16.7 Å². The monoisotopic (exact) mass is 345 g/mol. The minimum absolute atomic E-state index is 0.115. The molecule has 1 atom stereocenters. The van der Waals surface area contributed by atoms with Gasteiger partial charge in [0.25, 0.3) is 5.91 Å². The summed E-state index contributed by atoms with van der Waals surface area (Å²) in [4.78, 5) is 23.4. The van der Waals surface area contributed by atoms with E-state index < -0.39 is 29.3 Å². The van der Waals surface area contributed by atoms with Crippen LogP contribution in [-0.4, -0.2) is 12.0 Å². The molecule has 1 amide bonds. The minimum Gasteiger partial charge on any atom is -0.481 e. The van der Waals surface area contributed by atoms with Crippen molar-refractivity contribution in [1.82, 2.24) is 0 Å². The van der Waals surface area contributed by atoms with Crippen molar-refractivity contribution in [3.8, 4) is 5.75 Å². The van der Waals surface area contributed by atoms with Gasteiger partial charge >= 0.3 is 5.63 Å². The van der Waals surface area contributed by atoms with Crippen LogP contribution in [0.3, 0.4) is 0 Å². The van der Waals surface area contributed by atoms with E-state index in [1.165, 1.54) is 25.1 Å². The third-order valence-corrected chi connectivity index (χ3v) is 3.46. The molecule has 0 saturated heterocycles. The van der Waals surface area contributed by atoms with Crippen LogP contribution >= 0.6 is 0 Å². The van der Waals surface area contributed by atoms with Gasteiger partial charge in [-0.15, -0.1) is 0 Å². The molecule has 5 nitrogen and oxygen atoms in total. The molecule has 0 fully saturated rings. The number of hydrogen-bond acceptors (Lipinski definition) is 4. The normalized spacial score (nSPS) is 12.0. The summed E-state index contributed by atoms with van der Waals surface area (Å²) in [6, 6.07) is 10.8. The first-order valence-corrected chi connectivity index (χ1v) is 7.39. The Kier molecular flexibility index (Phi) is 4.47. The Morgan fingerprint density at radius 1 is 1.08 bits per heavy atom. The molecular weight excluding hydrogens is 332 g/mol. The maximum atomic E-state index is 13.2. The highest BCUT2D eigenvalue weighted by Gasteiger charge is 2.16. The predicted octanol–water partition coefficient (Wildman–Crippen LogP) is 3.48. The number of halogens is 2. The van der Waals surface area contributed by atoms with Gasteiger partial charge < -0.3 is 14.5 Å². The molecule has 7 heteroatoms. The van der Waals surface area contributed by atoms with Crippen molar-refractivity contribution < 1.29 is 22.7 Å². The molecule has 0 spiro atoms. The zero-order chi connectivity index (χ0) is 18.0. The molecular formula is C18H13F2NO4. The topological polar surface area (TPSA) is 68.5 Å². The standard InChI is InChI=1S/C18H13F2NO4/c1-10(18(23)21-12-4-6-14(19)15(20)8-12)24-13-5-2-11-3-7-17(22)25-16(11)9-13/h2-10H,1H3,(H,21,23)/t10-/m0/s1. The third-order valence-electron chi connectivity index (χ3n) is 3.46. The van der Waals surface area contributed by atoms with Crippen LogP contribution in [0.1, 0.15) is 6.92 Å². The lowest BCUT2D eigenvalue weighted by Crippen LogP contribution is -2.30. The SMILES string of the molecule is C[C@H](Oc1ccc2ccc(=O)oc2c1)C(=O)Nc1ccc(F)c(F)c1. The number of fused-ring (bicyclic) bond motifs is 1. The van der Waals surface area contributed by atoms with Crippen molar-refractivity contribution in [2.24, 2.45) is 0 Å². The highest BCUT2D eigenvalue weighted by atomic mass is 19.2. The predicted molar refractivity (Wildman–Crippen MR) is 87.6 cm³/mol. The molecule has 0 aliphatic heterocycles. The minimum atomic E-state index is -1.06. The molecule has 0 aliphatic rings. The first kappa shape index (κ1) is 16.6. The number of amides is 1. The van der Waals surface area contributed by atoms with Gasteiger partial charge in [0, 0.05) is 29.3 Å². The second-order valence-electron chi connectivity index (χ2n) is 5.33. The van der Waals surface area contributed by atoms with Gasteiger partial charge in [0.2, 0.25) is 0 Å². The molecule has 0 aliphatic carbocycles. The molecule has 3 aromatic rings. The van der Waals surface area contributed by atoms with Crippen LogP contribution in [0.2, 0.25) is 0 Å². The summed E-state index contributed by atoms with van der Waals surface area (Å²) in [5.74, 6) is -2.27. The molecule has 1 aromatic heterocycles. The van der Waals surface area contributed by atoms with Crippen molar-refractivity contribution in [2.75, 3.05) is 5.32 Å². The van der Waals surface area contributed by atoms with Crippen molar-refractivity contribution in [1.29, 1.82) is 0 Å². The zero-order valence-electron chi connectivity index (χ0n) is 13.1. The Morgan fingerprint density at radius 3 is 2.60 bits per heavy atom. The van der Waals surface area contributed by atoms with E-state index >= 15 is 0 Å². The second kappa shape index (κ2) is 6.72. The molecule has 0 saturated carbocycles. The summed E-state index contributed by atoms with van der Waals surface area (Å²) in [7, 11) is 0. The Labute approximate surface area is 140 Å². The van der Waals surface area contributed by atoms with Crippen molar-refractivity contribution in [2.45, 2.75) is 13.0 Å². The van der Waals surface area contributed by atoms with Gasteiger partial charge in [-0.2, -0.15) is 0 Å². The summed E-state index contributed by atoms with van der Waals surface area (Å²) in [5.41, 5.74) is -0.0455. The van der Waals surface area contributed by atoms with Gasteiger partial charge in [-0.3, -0.25) is 4.79 Å². The summed E-state index contributed by atoms with van der Waals surface area (Å²) in [6.45, 7) is 1.50. The van der Waals surface area contributed by atoms with Gasteiger partial charge in [-0.05, 0) is 37.3 Å². The van der Waals surface area contributed by atoms with Crippen LogP contribution < -0.4 is 15.7 Å². The number of carbonyl (C=O) groups is 1. The van der Waals surface area contributed by atoms with Crippen LogP contribution in [0, 0.1) is 11.6 Å². The largest absolute Gasteiger partial charge is 0.481 e. The quantitative estimate of drug-likeness (QED) is 0.735. The summed E-state index contributed by atoms with van der Waals surface area (Å²) in [6.07, 6.45) is -0.916. The number of carbonyl (C=O) groups excluding carboxylic acids is 1. The fourth-order valence-electron chi connectivity index (χ4n) is 2.19. The third kappa shape index (κ3) is 3.82. The first-order valence-electron chi connectivity index (χ1n) is 7.39. The number of rotatable bonds is 4. The number of anilines is 1. The average Bonchev–Trinajstić information content (AvgIpc) is 2.57. The number of nitrogens with one attached hydrogen (secondary N) is 1. The first-order chi connectivity index (χ1) is 11.9. The highest BCUT2D eigenvalue weighted by molar-refractivity contribution is 5.94. The lowest BCUT2D eigenvalue weighted by molar-refractivity contribution is -0.122. The van der Waals surface area contributed by atoms with Crippen LogP contribution in [0.25, 0.3) is 11.0 Å². The fourth-order valence-corrected chi connectivity index (χ4v) is 2.19. The molecule has 25 heavy (non-hydrogen) atoms. The van der Waals surface area contributed by atoms with Crippen LogP contribution in [0.5, 0.6) is 5.75 Å². The Balaban J connectivity index is 1.72. The van der Waals surface area contributed by atoms with E-state index in [2.05, 4.69) is 5.32 Å². The van der Waals surface area contributed by atoms with Crippen LogP contribution in [0.15, 0.2) is 57.7 Å². The maximum Gasteiger partial charge on any atom is 0.336 e. The Morgan fingerprint density at radius 2 is 1.84 bits per heavy atom. The molecule has 128 valence electrons. The highest BCUT2D eigenvalue weighted by Crippen LogP contribution is 2.21.